The lowest BCUT2D eigenvalue weighted by molar-refractivity contribution is -0.393. The fraction of sp³-hybridized carbons (Fsp3) is 0.0952. The van der Waals surface area contributed by atoms with Crippen molar-refractivity contribution in [3.05, 3.63) is 96.5 Å². The lowest BCUT2D eigenvalue weighted by Crippen LogP contribution is -2.02. The standard InChI is InChI=1S/C21H17BrN4O6/c1-31-20-4-2-3-15(21(20)32-13-14-5-7-16(22)8-6-14)12-23-24-18-10-9-17(25(27)28)11-19(18)26(29)30/h2-12,24H,13H2,1H3/b23-12-. The van der Waals surface area contributed by atoms with Crippen LogP contribution in [0.3, 0.4) is 0 Å². The van der Waals surface area contributed by atoms with Gasteiger partial charge in [0.05, 0.1) is 29.2 Å². The van der Waals surface area contributed by atoms with Gasteiger partial charge in [-0.15, -0.1) is 0 Å². The van der Waals surface area contributed by atoms with Gasteiger partial charge in [0.25, 0.3) is 5.69 Å². The quantitative estimate of drug-likeness (QED) is 0.239. The molecule has 0 amide bonds. The van der Waals surface area contributed by atoms with Crippen molar-refractivity contribution in [3.63, 3.8) is 0 Å². The summed E-state index contributed by atoms with van der Waals surface area (Å²) in [6, 6.07) is 16.1. The average Bonchev–Trinajstić information content (AvgIpc) is 2.78. The Morgan fingerprint density at radius 1 is 1.06 bits per heavy atom. The normalized spacial score (nSPS) is 10.7. The van der Waals surface area contributed by atoms with E-state index in [4.69, 9.17) is 9.47 Å². The maximum atomic E-state index is 11.3. The molecule has 0 aromatic heterocycles. The highest BCUT2D eigenvalue weighted by Crippen LogP contribution is 2.32. The van der Waals surface area contributed by atoms with Crippen LogP contribution in [-0.4, -0.2) is 23.2 Å². The predicted octanol–water partition coefficient (Wildman–Crippen LogP) is 5.30. The lowest BCUT2D eigenvalue weighted by atomic mass is 10.2. The number of para-hydroxylation sites is 1. The molecule has 11 heteroatoms. The number of ether oxygens (including phenoxy) is 2. The Hall–Kier alpha value is -3.99. The van der Waals surface area contributed by atoms with Crippen LogP contribution in [0.4, 0.5) is 17.1 Å². The van der Waals surface area contributed by atoms with Crippen LogP contribution in [-0.2, 0) is 6.61 Å². The number of hydrazone groups is 1. The molecule has 0 radical (unpaired) electrons. The molecule has 0 heterocycles. The number of anilines is 1. The minimum absolute atomic E-state index is 0.0112. The van der Waals surface area contributed by atoms with Crippen molar-refractivity contribution in [1.82, 2.24) is 0 Å². The largest absolute Gasteiger partial charge is 0.493 e. The summed E-state index contributed by atoms with van der Waals surface area (Å²) in [5.41, 5.74) is 3.23. The molecular formula is C21H17BrN4O6. The zero-order valence-corrected chi connectivity index (χ0v) is 18.3. The summed E-state index contributed by atoms with van der Waals surface area (Å²) in [7, 11) is 1.52. The Kier molecular flexibility index (Phi) is 7.34. The van der Waals surface area contributed by atoms with Crippen LogP contribution in [0.15, 0.2) is 70.2 Å². The highest BCUT2D eigenvalue weighted by molar-refractivity contribution is 9.10. The van der Waals surface area contributed by atoms with Gasteiger partial charge >= 0.3 is 5.69 Å². The SMILES string of the molecule is COc1cccc(/C=N\Nc2ccc([N+](=O)[O-])cc2[N+](=O)[O-])c1OCc1ccc(Br)cc1. The van der Waals surface area contributed by atoms with Crippen LogP contribution in [0.5, 0.6) is 11.5 Å². The van der Waals surface area contributed by atoms with Crippen LogP contribution in [0.1, 0.15) is 11.1 Å². The van der Waals surface area contributed by atoms with Gasteiger partial charge in [-0.2, -0.15) is 5.10 Å². The van der Waals surface area contributed by atoms with Crippen molar-refractivity contribution in [3.8, 4) is 11.5 Å². The first-order valence-corrected chi connectivity index (χ1v) is 9.94. The van der Waals surface area contributed by atoms with Crippen LogP contribution in [0, 0.1) is 20.2 Å². The molecule has 32 heavy (non-hydrogen) atoms. The van der Waals surface area contributed by atoms with Crippen LogP contribution < -0.4 is 14.9 Å². The average molecular weight is 501 g/mol. The van der Waals surface area contributed by atoms with E-state index < -0.39 is 15.5 Å². The van der Waals surface area contributed by atoms with Gasteiger partial charge < -0.3 is 9.47 Å². The van der Waals surface area contributed by atoms with E-state index in [1.807, 2.05) is 24.3 Å². The van der Waals surface area contributed by atoms with Gasteiger partial charge in [0.15, 0.2) is 11.5 Å². The van der Waals surface area contributed by atoms with Gasteiger partial charge in [0, 0.05) is 16.1 Å². The molecule has 0 aliphatic carbocycles. The number of non-ortho nitro benzene ring substituents is 1. The van der Waals surface area contributed by atoms with Crippen LogP contribution >= 0.6 is 15.9 Å². The molecule has 0 aliphatic rings. The highest BCUT2D eigenvalue weighted by atomic mass is 79.9. The van der Waals surface area contributed by atoms with Crippen LogP contribution in [0.2, 0.25) is 0 Å². The topological polar surface area (TPSA) is 129 Å². The summed E-state index contributed by atoms with van der Waals surface area (Å²) in [4.78, 5) is 20.7. The van der Waals surface area contributed by atoms with Crippen molar-refractivity contribution in [2.24, 2.45) is 5.10 Å². The van der Waals surface area contributed by atoms with E-state index >= 15 is 0 Å². The van der Waals surface area contributed by atoms with E-state index in [0.717, 1.165) is 22.2 Å². The third kappa shape index (κ3) is 5.58. The van der Waals surface area contributed by atoms with Gasteiger partial charge in [-0.25, -0.2) is 0 Å². The Balaban J connectivity index is 1.82. The maximum Gasteiger partial charge on any atom is 0.301 e. The smallest absolute Gasteiger partial charge is 0.301 e. The van der Waals surface area contributed by atoms with E-state index in [2.05, 4.69) is 26.5 Å². The number of nitrogens with zero attached hydrogens (tertiary/aromatic N) is 3. The Bertz CT molecular complexity index is 1170. The summed E-state index contributed by atoms with van der Waals surface area (Å²) >= 11 is 3.39. The second-order valence-electron chi connectivity index (χ2n) is 6.38. The molecule has 0 unspecified atom stereocenters. The number of benzene rings is 3. The third-order valence-electron chi connectivity index (χ3n) is 4.30. The summed E-state index contributed by atoms with van der Waals surface area (Å²) in [5, 5.41) is 26.2. The Morgan fingerprint density at radius 2 is 1.81 bits per heavy atom. The molecule has 3 rings (SSSR count). The predicted molar refractivity (Wildman–Crippen MR) is 122 cm³/mol. The van der Waals surface area contributed by atoms with Gasteiger partial charge in [-0.3, -0.25) is 25.7 Å². The molecule has 0 saturated carbocycles. The second kappa shape index (κ2) is 10.4. The molecule has 10 nitrogen and oxygen atoms in total. The van der Waals surface area contributed by atoms with Crippen molar-refractivity contribution < 1.29 is 19.3 Å². The number of methoxy groups -OCH3 is 1. The molecule has 0 bridgehead atoms. The van der Waals surface area contributed by atoms with Crippen molar-refractivity contribution in [1.29, 1.82) is 0 Å². The highest BCUT2D eigenvalue weighted by Gasteiger charge is 2.19. The lowest BCUT2D eigenvalue weighted by Gasteiger charge is -2.13. The van der Waals surface area contributed by atoms with E-state index in [1.165, 1.54) is 19.4 Å². The van der Waals surface area contributed by atoms with Crippen molar-refractivity contribution in [2.75, 3.05) is 12.5 Å². The molecule has 3 aromatic carbocycles. The van der Waals surface area contributed by atoms with Crippen molar-refractivity contribution in [2.45, 2.75) is 6.61 Å². The molecule has 1 N–H and O–H groups in total. The molecule has 0 fully saturated rings. The summed E-state index contributed by atoms with van der Waals surface area (Å²) in [6.07, 6.45) is 1.42. The number of hydrogen-bond acceptors (Lipinski definition) is 8. The minimum atomic E-state index is -0.719. The number of rotatable bonds is 9. The maximum absolute atomic E-state index is 11.3. The fourth-order valence-corrected chi connectivity index (χ4v) is 3.00. The summed E-state index contributed by atoms with van der Waals surface area (Å²) in [6.45, 7) is 0.287. The van der Waals surface area contributed by atoms with E-state index in [-0.39, 0.29) is 18.0 Å². The molecular weight excluding hydrogens is 484 g/mol. The number of nitro benzene ring substituents is 2. The van der Waals surface area contributed by atoms with Crippen molar-refractivity contribution >= 4 is 39.2 Å². The first-order chi connectivity index (χ1) is 15.4. The van der Waals surface area contributed by atoms with Gasteiger partial charge in [-0.05, 0) is 35.9 Å². The monoisotopic (exact) mass is 500 g/mol. The first-order valence-electron chi connectivity index (χ1n) is 9.15. The van der Waals surface area contributed by atoms with Gasteiger partial charge in [0.1, 0.15) is 12.3 Å². The van der Waals surface area contributed by atoms with Crippen LogP contribution in [0.25, 0.3) is 0 Å². The number of nitrogens with one attached hydrogen (secondary N) is 1. The zero-order chi connectivity index (χ0) is 23.1. The number of hydrogen-bond donors (Lipinski definition) is 1. The molecule has 0 aliphatic heterocycles. The molecule has 3 aromatic rings. The van der Waals surface area contributed by atoms with E-state index in [9.17, 15) is 20.2 Å². The number of nitro groups is 2. The Labute approximate surface area is 190 Å². The summed E-state index contributed by atoms with van der Waals surface area (Å²) in [5.74, 6) is 0.939. The van der Waals surface area contributed by atoms with E-state index in [0.29, 0.717) is 17.1 Å². The van der Waals surface area contributed by atoms with E-state index in [1.54, 1.807) is 18.2 Å². The van der Waals surface area contributed by atoms with Gasteiger partial charge in [-0.1, -0.05) is 34.1 Å². The Morgan fingerprint density at radius 3 is 2.47 bits per heavy atom. The second-order valence-corrected chi connectivity index (χ2v) is 7.30. The molecule has 164 valence electrons. The number of halogens is 1. The fourth-order valence-electron chi connectivity index (χ4n) is 2.74. The molecule has 0 spiro atoms. The minimum Gasteiger partial charge on any atom is -0.493 e. The molecule has 0 atom stereocenters. The molecule has 0 saturated heterocycles. The summed E-state index contributed by atoms with van der Waals surface area (Å²) < 4.78 is 12.3. The van der Waals surface area contributed by atoms with Gasteiger partial charge in [0.2, 0.25) is 0 Å². The first kappa shape index (κ1) is 22.7. The third-order valence-corrected chi connectivity index (χ3v) is 4.83. The zero-order valence-electron chi connectivity index (χ0n) is 16.7.